The van der Waals surface area contributed by atoms with E-state index in [1.165, 1.54) is 0 Å². The summed E-state index contributed by atoms with van der Waals surface area (Å²) in [6.07, 6.45) is 1.02. The summed E-state index contributed by atoms with van der Waals surface area (Å²) in [5, 5.41) is 8.49. The second-order valence-corrected chi connectivity index (χ2v) is 9.40. The molecule has 0 radical (unpaired) electrons. The first-order valence-electron chi connectivity index (χ1n) is 10.3. The molecule has 3 N–H and O–H groups in total. The summed E-state index contributed by atoms with van der Waals surface area (Å²) in [6.45, 7) is 4.41. The molecule has 1 atom stereocenters. The Kier molecular flexibility index (Phi) is 6.86. The molecular weight excluding hydrogens is 490 g/mol. The minimum atomic E-state index is -0.487. The summed E-state index contributed by atoms with van der Waals surface area (Å²) in [7, 11) is 0. The van der Waals surface area contributed by atoms with Crippen molar-refractivity contribution < 1.29 is 9.53 Å². The highest BCUT2D eigenvalue weighted by molar-refractivity contribution is 9.10. The van der Waals surface area contributed by atoms with E-state index < -0.39 is 11.9 Å². The molecule has 32 heavy (non-hydrogen) atoms. The van der Waals surface area contributed by atoms with Crippen molar-refractivity contribution in [2.75, 3.05) is 11.1 Å². The van der Waals surface area contributed by atoms with Gasteiger partial charge in [0.2, 0.25) is 17.0 Å². The molecule has 1 aliphatic heterocycles. The quantitative estimate of drug-likeness (QED) is 0.416. The van der Waals surface area contributed by atoms with Gasteiger partial charge < -0.3 is 15.8 Å². The van der Waals surface area contributed by atoms with Crippen LogP contribution in [0.3, 0.4) is 0 Å². The number of thioether (sulfide) groups is 1. The number of halogens is 1. The number of carbonyl (C=O) groups is 1. The van der Waals surface area contributed by atoms with E-state index in [0.717, 1.165) is 33.5 Å². The van der Waals surface area contributed by atoms with Crippen LogP contribution < -0.4 is 15.8 Å². The Morgan fingerprint density at radius 2 is 1.94 bits per heavy atom. The lowest BCUT2D eigenvalue weighted by atomic mass is 9.95. The fourth-order valence-corrected chi connectivity index (χ4v) is 4.45. The molecule has 0 aliphatic carbocycles. The van der Waals surface area contributed by atoms with E-state index in [-0.39, 0.29) is 0 Å². The third-order valence-corrected chi connectivity index (χ3v) is 6.62. The average Bonchev–Trinajstić information content (AvgIpc) is 3.19. The van der Waals surface area contributed by atoms with Gasteiger partial charge in [-0.15, -0.1) is 5.10 Å². The van der Waals surface area contributed by atoms with Crippen LogP contribution >= 0.6 is 27.7 Å². The minimum Gasteiger partial charge on any atom is -0.489 e. The number of rotatable bonds is 8. The number of nitrogens with zero attached hydrogens (tertiary/aromatic N) is 3. The van der Waals surface area contributed by atoms with E-state index in [0.29, 0.717) is 29.0 Å². The second kappa shape index (κ2) is 9.79. The Bertz CT molecular complexity index is 1140. The zero-order chi connectivity index (χ0) is 22.7. The van der Waals surface area contributed by atoms with Gasteiger partial charge in [0.05, 0.1) is 5.57 Å². The zero-order valence-corrected chi connectivity index (χ0v) is 20.2. The van der Waals surface area contributed by atoms with E-state index in [2.05, 4.69) is 38.3 Å². The van der Waals surface area contributed by atoms with Crippen molar-refractivity contribution in [1.29, 1.82) is 0 Å². The van der Waals surface area contributed by atoms with E-state index in [1.54, 1.807) is 16.4 Å². The van der Waals surface area contributed by atoms with Gasteiger partial charge in [0.15, 0.2) is 0 Å². The average molecular weight is 514 g/mol. The first kappa shape index (κ1) is 22.4. The van der Waals surface area contributed by atoms with E-state index in [1.807, 2.05) is 55.5 Å². The normalized spacial score (nSPS) is 15.3. The van der Waals surface area contributed by atoms with Crippen molar-refractivity contribution in [2.24, 2.45) is 5.73 Å². The van der Waals surface area contributed by atoms with Crippen LogP contribution in [-0.4, -0.2) is 26.4 Å². The predicted octanol–water partition coefficient (Wildman–Crippen LogP) is 4.90. The molecule has 2 aromatic carbocycles. The molecule has 1 amide bonds. The van der Waals surface area contributed by atoms with Crippen LogP contribution in [-0.2, 0) is 11.4 Å². The molecule has 4 rings (SSSR count). The van der Waals surface area contributed by atoms with E-state index in [4.69, 9.17) is 10.5 Å². The highest BCUT2D eigenvalue weighted by atomic mass is 79.9. The Morgan fingerprint density at radius 1 is 1.22 bits per heavy atom. The monoisotopic (exact) mass is 513 g/mol. The van der Waals surface area contributed by atoms with Crippen LogP contribution in [0.1, 0.15) is 37.4 Å². The van der Waals surface area contributed by atoms with Crippen LogP contribution in [0.5, 0.6) is 5.75 Å². The first-order chi connectivity index (χ1) is 15.5. The van der Waals surface area contributed by atoms with Crippen molar-refractivity contribution in [2.45, 2.75) is 38.1 Å². The van der Waals surface area contributed by atoms with Crippen LogP contribution in [0, 0.1) is 0 Å². The van der Waals surface area contributed by atoms with Crippen LogP contribution in [0.15, 0.2) is 69.4 Å². The molecule has 0 saturated heterocycles. The van der Waals surface area contributed by atoms with Crippen molar-refractivity contribution in [1.82, 2.24) is 14.8 Å². The van der Waals surface area contributed by atoms with E-state index >= 15 is 0 Å². The predicted molar refractivity (Wildman–Crippen MR) is 130 cm³/mol. The number of hydrogen-bond acceptors (Lipinski definition) is 6. The summed E-state index contributed by atoms with van der Waals surface area (Å²) in [4.78, 5) is 16.9. The van der Waals surface area contributed by atoms with Gasteiger partial charge >= 0.3 is 0 Å². The van der Waals surface area contributed by atoms with Crippen molar-refractivity contribution in [3.05, 3.63) is 75.4 Å². The number of carbonyl (C=O) groups excluding carboxylic acids is 1. The molecule has 7 nitrogen and oxygen atoms in total. The summed E-state index contributed by atoms with van der Waals surface area (Å²) >= 11 is 5.03. The maximum Gasteiger partial charge on any atom is 0.248 e. The number of allylic oxidation sites excluding steroid dienone is 1. The standard InChI is InChI=1S/C23H24BrN5O2S/c1-3-12-32-23-27-22-26-14(2)19(21(25)30)20(29(22)28-23)16-6-10-18(11-7-16)31-13-15-4-8-17(24)9-5-15/h4-11,20H,3,12-13H2,1-2H3,(H2,25,30)(H,26,27,28). The molecule has 0 fully saturated rings. The largest absolute Gasteiger partial charge is 0.489 e. The number of benzene rings is 2. The number of ether oxygens (including phenoxy) is 1. The smallest absolute Gasteiger partial charge is 0.248 e. The zero-order valence-electron chi connectivity index (χ0n) is 17.8. The molecule has 3 aromatic rings. The van der Waals surface area contributed by atoms with Gasteiger partial charge in [-0.1, -0.05) is 58.9 Å². The van der Waals surface area contributed by atoms with Crippen LogP contribution in [0.4, 0.5) is 5.95 Å². The number of fused-ring (bicyclic) bond motifs is 1. The Hall–Kier alpha value is -2.78. The summed E-state index contributed by atoms with van der Waals surface area (Å²) < 4.78 is 8.69. The summed E-state index contributed by atoms with van der Waals surface area (Å²) in [5.41, 5.74) is 8.87. The number of nitrogens with one attached hydrogen (secondary N) is 1. The molecule has 0 saturated carbocycles. The highest BCUT2D eigenvalue weighted by Crippen LogP contribution is 2.36. The molecule has 9 heteroatoms. The lowest BCUT2D eigenvalue weighted by molar-refractivity contribution is -0.115. The molecule has 1 unspecified atom stereocenters. The summed E-state index contributed by atoms with van der Waals surface area (Å²) in [5.74, 6) is 1.78. The van der Waals surface area contributed by atoms with Gasteiger partial charge in [-0.3, -0.25) is 4.79 Å². The molecule has 0 bridgehead atoms. The first-order valence-corrected chi connectivity index (χ1v) is 12.1. The maximum atomic E-state index is 12.3. The Labute approximate surface area is 199 Å². The van der Waals surface area contributed by atoms with Gasteiger partial charge in [-0.05, 0) is 48.7 Å². The molecule has 0 spiro atoms. The molecule has 166 valence electrons. The molecular formula is C23H24BrN5O2S. The van der Waals surface area contributed by atoms with Gasteiger partial charge in [0, 0.05) is 15.9 Å². The van der Waals surface area contributed by atoms with Gasteiger partial charge in [-0.25, -0.2) is 4.68 Å². The number of anilines is 1. The van der Waals surface area contributed by atoms with Crippen molar-refractivity contribution >= 4 is 39.5 Å². The highest BCUT2D eigenvalue weighted by Gasteiger charge is 2.33. The lowest BCUT2D eigenvalue weighted by Crippen LogP contribution is -2.31. The number of primary amides is 1. The third kappa shape index (κ3) is 4.83. The number of aromatic nitrogens is 3. The van der Waals surface area contributed by atoms with Gasteiger partial charge in [-0.2, -0.15) is 4.98 Å². The number of nitrogens with two attached hydrogens (primary N) is 1. The number of amides is 1. The molecule has 1 aromatic heterocycles. The SMILES string of the molecule is CCCSc1nc2n(n1)C(c1ccc(OCc3ccc(Br)cc3)cc1)C(C(N)=O)=C(C)N2. The number of hydrogen-bond donors (Lipinski definition) is 2. The third-order valence-electron chi connectivity index (χ3n) is 5.05. The van der Waals surface area contributed by atoms with Gasteiger partial charge in [0.25, 0.3) is 0 Å². The van der Waals surface area contributed by atoms with Gasteiger partial charge in [0.1, 0.15) is 18.4 Å². The second-order valence-electron chi connectivity index (χ2n) is 7.43. The summed E-state index contributed by atoms with van der Waals surface area (Å²) in [6, 6.07) is 15.2. The minimum absolute atomic E-state index is 0.451. The fourth-order valence-electron chi connectivity index (χ4n) is 3.51. The Balaban J connectivity index is 1.59. The van der Waals surface area contributed by atoms with Crippen LogP contribution in [0.25, 0.3) is 0 Å². The van der Waals surface area contributed by atoms with Crippen LogP contribution in [0.2, 0.25) is 0 Å². The fraction of sp³-hybridized carbons (Fsp3) is 0.261. The maximum absolute atomic E-state index is 12.3. The topological polar surface area (TPSA) is 95.1 Å². The Morgan fingerprint density at radius 3 is 2.59 bits per heavy atom. The molecule has 2 heterocycles. The van der Waals surface area contributed by atoms with E-state index in [9.17, 15) is 4.79 Å². The lowest BCUT2D eigenvalue weighted by Gasteiger charge is -2.27. The van der Waals surface area contributed by atoms with Crippen molar-refractivity contribution in [3.63, 3.8) is 0 Å². The van der Waals surface area contributed by atoms with Crippen molar-refractivity contribution in [3.8, 4) is 5.75 Å². The molecule has 1 aliphatic rings.